The molecule has 8 heteroatoms. The number of hydrogen-bond donors (Lipinski definition) is 2. The maximum absolute atomic E-state index is 8.91. The summed E-state index contributed by atoms with van der Waals surface area (Å²) in [6, 6.07) is 1.04. The maximum Gasteiger partial charge on any atom is 0.187 e. The average Bonchev–Trinajstić information content (AvgIpc) is 2.60. The molecule has 6 nitrogen and oxygen atoms in total. The van der Waals surface area contributed by atoms with Gasteiger partial charge in [-0.15, -0.1) is 11.6 Å². The summed E-state index contributed by atoms with van der Waals surface area (Å²) in [4.78, 5) is 0. The molecule has 0 aromatic carbocycles. The van der Waals surface area contributed by atoms with Gasteiger partial charge < -0.3 is 28.8 Å². The molecule has 26 heavy (non-hydrogen) atoms. The zero-order chi connectivity index (χ0) is 19.9. The fraction of sp³-hybridized carbons (Fsp3) is 1.00. The van der Waals surface area contributed by atoms with Crippen molar-refractivity contribution in [2.24, 2.45) is 11.3 Å². The van der Waals surface area contributed by atoms with Crippen LogP contribution in [0.1, 0.15) is 20.3 Å². The lowest BCUT2D eigenvalue weighted by molar-refractivity contribution is -0.0811. The van der Waals surface area contributed by atoms with E-state index in [1.807, 2.05) is 0 Å². The van der Waals surface area contributed by atoms with Gasteiger partial charge in [0.05, 0.1) is 59.5 Å². The predicted molar refractivity (Wildman–Crippen MR) is 107 cm³/mol. The van der Waals surface area contributed by atoms with Gasteiger partial charge in [-0.1, -0.05) is 13.8 Å². The van der Waals surface area contributed by atoms with Crippen LogP contribution in [0.25, 0.3) is 0 Å². The molecule has 0 spiro atoms. The van der Waals surface area contributed by atoms with Crippen LogP contribution in [0.15, 0.2) is 0 Å². The summed E-state index contributed by atoms with van der Waals surface area (Å²) >= 11 is 5.90. The van der Waals surface area contributed by atoms with Gasteiger partial charge in [0.2, 0.25) is 0 Å². The SMILES string of the molecule is CCC(COCCO)(COCCO)COCCO[Si](C)(C)CC(C)CCl. The molecule has 0 rings (SSSR count). The fourth-order valence-corrected chi connectivity index (χ4v) is 5.62. The second kappa shape index (κ2) is 15.2. The number of aliphatic hydroxyl groups is 2. The lowest BCUT2D eigenvalue weighted by atomic mass is 9.88. The van der Waals surface area contributed by atoms with Gasteiger partial charge >= 0.3 is 0 Å². The molecule has 0 fully saturated rings. The summed E-state index contributed by atoms with van der Waals surface area (Å²) in [6.45, 7) is 11.7. The molecule has 0 bridgehead atoms. The lowest BCUT2D eigenvalue weighted by Gasteiger charge is -2.32. The van der Waals surface area contributed by atoms with E-state index in [4.69, 9.17) is 40.5 Å². The minimum atomic E-state index is -1.71. The first-order valence-corrected chi connectivity index (χ1v) is 13.1. The highest BCUT2D eigenvalue weighted by Gasteiger charge is 2.30. The number of alkyl halides is 1. The minimum Gasteiger partial charge on any atom is -0.415 e. The largest absolute Gasteiger partial charge is 0.415 e. The van der Waals surface area contributed by atoms with Gasteiger partial charge in [0, 0.05) is 11.3 Å². The standard InChI is InChI=1S/C18H39ClO6Si/c1-5-18(14-22-8-6-20,15-23-9-7-21)16-24-10-11-25-26(3,4)13-17(2)12-19/h17,20-21H,5-16H2,1-4H3. The van der Waals surface area contributed by atoms with Crippen molar-refractivity contribution in [2.75, 3.05) is 65.3 Å². The van der Waals surface area contributed by atoms with Crippen molar-refractivity contribution in [1.82, 2.24) is 0 Å². The molecule has 1 unspecified atom stereocenters. The molecular formula is C18H39ClO6Si. The second-order valence-corrected chi connectivity index (χ2v) is 12.1. The molecular weight excluding hydrogens is 376 g/mol. The predicted octanol–water partition coefficient (Wildman–Crippen LogP) is 2.51. The van der Waals surface area contributed by atoms with E-state index in [1.165, 1.54) is 0 Å². The molecule has 0 amide bonds. The van der Waals surface area contributed by atoms with Crippen LogP contribution in [0.5, 0.6) is 0 Å². The normalized spacial score (nSPS) is 14.0. The molecule has 0 aliphatic rings. The molecule has 0 aliphatic heterocycles. The Morgan fingerprint density at radius 1 is 0.923 bits per heavy atom. The molecule has 2 N–H and O–H groups in total. The van der Waals surface area contributed by atoms with Crippen LogP contribution in [-0.4, -0.2) is 83.9 Å². The third-order valence-electron chi connectivity index (χ3n) is 4.27. The topological polar surface area (TPSA) is 77.4 Å². The van der Waals surface area contributed by atoms with E-state index in [-0.39, 0.29) is 18.6 Å². The summed E-state index contributed by atoms with van der Waals surface area (Å²) in [7, 11) is -1.71. The summed E-state index contributed by atoms with van der Waals surface area (Å²) in [5.41, 5.74) is -0.287. The van der Waals surface area contributed by atoms with Crippen LogP contribution in [-0.2, 0) is 18.6 Å². The molecule has 0 aromatic rings. The number of ether oxygens (including phenoxy) is 3. The van der Waals surface area contributed by atoms with Crippen LogP contribution in [0, 0.1) is 11.3 Å². The molecule has 1 atom stereocenters. The summed E-state index contributed by atoms with van der Waals surface area (Å²) in [6.07, 6.45) is 0.818. The highest BCUT2D eigenvalue weighted by atomic mass is 35.5. The van der Waals surface area contributed by atoms with Crippen molar-refractivity contribution in [3.63, 3.8) is 0 Å². The van der Waals surface area contributed by atoms with E-state index in [2.05, 4.69) is 26.9 Å². The van der Waals surface area contributed by atoms with Gasteiger partial charge in [0.1, 0.15) is 0 Å². The van der Waals surface area contributed by atoms with E-state index in [0.29, 0.717) is 58.0 Å². The summed E-state index contributed by atoms with van der Waals surface area (Å²) in [5.74, 6) is 1.14. The Balaban J connectivity index is 4.32. The van der Waals surface area contributed by atoms with E-state index < -0.39 is 8.32 Å². The van der Waals surface area contributed by atoms with Crippen LogP contribution in [0.2, 0.25) is 19.1 Å². The quantitative estimate of drug-likeness (QED) is 0.204. The highest BCUT2D eigenvalue weighted by molar-refractivity contribution is 6.71. The number of halogens is 1. The van der Waals surface area contributed by atoms with Gasteiger partial charge in [-0.05, 0) is 31.5 Å². The highest BCUT2D eigenvalue weighted by Crippen LogP contribution is 2.24. The van der Waals surface area contributed by atoms with Crippen molar-refractivity contribution in [2.45, 2.75) is 39.4 Å². The van der Waals surface area contributed by atoms with Gasteiger partial charge in [-0.25, -0.2) is 0 Å². The monoisotopic (exact) mass is 414 g/mol. The molecule has 158 valence electrons. The fourth-order valence-electron chi connectivity index (χ4n) is 2.76. The molecule has 0 aromatic heterocycles. The third kappa shape index (κ3) is 12.6. The first-order chi connectivity index (χ1) is 12.3. The minimum absolute atomic E-state index is 0.00752. The molecule has 0 aliphatic carbocycles. The van der Waals surface area contributed by atoms with E-state index in [9.17, 15) is 0 Å². The first-order valence-electron chi connectivity index (χ1n) is 9.49. The van der Waals surface area contributed by atoms with Crippen LogP contribution < -0.4 is 0 Å². The van der Waals surface area contributed by atoms with Crippen molar-refractivity contribution in [3.05, 3.63) is 0 Å². The Bertz CT molecular complexity index is 323. The summed E-state index contributed by atoms with van der Waals surface area (Å²) in [5, 5.41) is 17.8. The van der Waals surface area contributed by atoms with E-state index in [1.54, 1.807) is 0 Å². The second-order valence-electron chi connectivity index (χ2n) is 7.53. The lowest BCUT2D eigenvalue weighted by Crippen LogP contribution is -2.38. The van der Waals surface area contributed by atoms with Crippen LogP contribution in [0.3, 0.4) is 0 Å². The number of hydrogen-bond acceptors (Lipinski definition) is 6. The van der Waals surface area contributed by atoms with Crippen molar-refractivity contribution < 1.29 is 28.8 Å². The smallest absolute Gasteiger partial charge is 0.187 e. The van der Waals surface area contributed by atoms with Crippen LogP contribution in [0.4, 0.5) is 0 Å². The zero-order valence-electron chi connectivity index (χ0n) is 17.0. The Morgan fingerprint density at radius 3 is 1.85 bits per heavy atom. The van der Waals surface area contributed by atoms with Gasteiger partial charge in [-0.2, -0.15) is 0 Å². The van der Waals surface area contributed by atoms with Crippen molar-refractivity contribution in [1.29, 1.82) is 0 Å². The Hall–Kier alpha value is 0.267. The molecule has 0 saturated carbocycles. The number of aliphatic hydroxyl groups excluding tert-OH is 2. The molecule has 0 saturated heterocycles. The van der Waals surface area contributed by atoms with Crippen molar-refractivity contribution in [3.8, 4) is 0 Å². The van der Waals surface area contributed by atoms with Gasteiger partial charge in [0.15, 0.2) is 8.32 Å². The molecule has 0 heterocycles. The maximum atomic E-state index is 8.91. The zero-order valence-corrected chi connectivity index (χ0v) is 18.7. The van der Waals surface area contributed by atoms with E-state index >= 15 is 0 Å². The average molecular weight is 415 g/mol. The van der Waals surface area contributed by atoms with Gasteiger partial charge in [-0.3, -0.25) is 0 Å². The summed E-state index contributed by atoms with van der Waals surface area (Å²) < 4.78 is 23.0. The van der Waals surface area contributed by atoms with E-state index in [0.717, 1.165) is 12.5 Å². The Kier molecular flexibility index (Phi) is 15.4. The van der Waals surface area contributed by atoms with Gasteiger partial charge in [0.25, 0.3) is 0 Å². The Labute approximate surface area is 165 Å². The van der Waals surface area contributed by atoms with Crippen LogP contribution >= 0.6 is 11.6 Å². The first kappa shape index (κ1) is 26.3. The molecule has 0 radical (unpaired) electrons. The van der Waals surface area contributed by atoms with Crippen molar-refractivity contribution >= 4 is 19.9 Å². The Morgan fingerprint density at radius 2 is 1.42 bits per heavy atom. The third-order valence-corrected chi connectivity index (χ3v) is 7.46. The number of rotatable bonds is 18.